The van der Waals surface area contributed by atoms with Crippen molar-refractivity contribution in [1.82, 2.24) is 9.78 Å². The third kappa shape index (κ3) is 2.90. The summed E-state index contributed by atoms with van der Waals surface area (Å²) in [6.07, 6.45) is 2.11. The molecule has 1 aromatic carbocycles. The Bertz CT molecular complexity index is 782. The van der Waals surface area contributed by atoms with Gasteiger partial charge in [-0.15, -0.1) is 0 Å². The van der Waals surface area contributed by atoms with Crippen LogP contribution in [0, 0.1) is 18.3 Å². The molecule has 3 rings (SSSR count). The molecule has 1 amide bonds. The van der Waals surface area contributed by atoms with Crippen LogP contribution in [0.25, 0.3) is 0 Å². The monoisotopic (exact) mass is 310 g/mol. The van der Waals surface area contributed by atoms with Crippen molar-refractivity contribution in [3.8, 4) is 17.6 Å². The maximum Gasteiger partial charge on any atom is 0.242 e. The molecular weight excluding hydrogens is 292 g/mol. The smallest absolute Gasteiger partial charge is 0.242 e. The van der Waals surface area contributed by atoms with Crippen molar-refractivity contribution < 1.29 is 9.53 Å². The van der Waals surface area contributed by atoms with Crippen molar-refractivity contribution in [3.63, 3.8) is 0 Å². The van der Waals surface area contributed by atoms with Gasteiger partial charge >= 0.3 is 0 Å². The van der Waals surface area contributed by atoms with Crippen LogP contribution in [0.15, 0.2) is 24.3 Å². The van der Waals surface area contributed by atoms with Crippen molar-refractivity contribution in [2.24, 2.45) is 5.73 Å². The number of carbonyl (C=O) groups is 1. The van der Waals surface area contributed by atoms with Crippen LogP contribution in [0.1, 0.15) is 48.7 Å². The number of benzene rings is 1. The number of amides is 1. The summed E-state index contributed by atoms with van der Waals surface area (Å²) >= 11 is 0. The van der Waals surface area contributed by atoms with Crippen LogP contribution < -0.4 is 10.5 Å². The lowest BCUT2D eigenvalue weighted by Crippen LogP contribution is -2.26. The molecule has 23 heavy (non-hydrogen) atoms. The SMILES string of the molecule is Cc1nn(C(C)C(N)=O)c(C2CC2)c1Oc1ccc(C#N)cc1. The average molecular weight is 310 g/mol. The number of nitrogens with zero attached hydrogens (tertiary/aromatic N) is 3. The third-order valence-corrected chi connectivity index (χ3v) is 4.01. The maximum absolute atomic E-state index is 11.5. The zero-order valence-corrected chi connectivity index (χ0v) is 13.1. The maximum atomic E-state index is 11.5. The van der Waals surface area contributed by atoms with Gasteiger partial charge in [0.2, 0.25) is 5.91 Å². The van der Waals surface area contributed by atoms with E-state index in [9.17, 15) is 4.79 Å². The molecule has 1 saturated carbocycles. The van der Waals surface area contributed by atoms with Gasteiger partial charge in [-0.3, -0.25) is 9.48 Å². The second-order valence-corrected chi connectivity index (χ2v) is 5.84. The Morgan fingerprint density at radius 2 is 2.09 bits per heavy atom. The Labute approximate surface area is 134 Å². The number of carbonyl (C=O) groups excluding carboxylic acids is 1. The van der Waals surface area contributed by atoms with Crippen molar-refractivity contribution in [1.29, 1.82) is 5.26 Å². The highest BCUT2D eigenvalue weighted by molar-refractivity contribution is 5.78. The molecular formula is C17H18N4O2. The van der Waals surface area contributed by atoms with Gasteiger partial charge in [0, 0.05) is 5.92 Å². The number of nitriles is 1. The standard InChI is InChI=1S/C17H18N4O2/c1-10-16(23-14-7-3-12(9-18)4-8-14)15(13-5-6-13)21(20-10)11(2)17(19)22/h3-4,7-8,11,13H,5-6H2,1-2H3,(H2,19,22). The fraction of sp³-hybridized carbons (Fsp3) is 0.353. The molecule has 6 nitrogen and oxygen atoms in total. The van der Waals surface area contributed by atoms with Crippen LogP contribution in [0.2, 0.25) is 0 Å². The summed E-state index contributed by atoms with van der Waals surface area (Å²) in [5.41, 5.74) is 7.66. The molecule has 1 fully saturated rings. The van der Waals surface area contributed by atoms with E-state index in [4.69, 9.17) is 15.7 Å². The zero-order chi connectivity index (χ0) is 16.6. The van der Waals surface area contributed by atoms with Gasteiger partial charge in [0.1, 0.15) is 17.5 Å². The lowest BCUT2D eigenvalue weighted by molar-refractivity contribution is -0.121. The molecule has 0 saturated heterocycles. The van der Waals surface area contributed by atoms with Crippen molar-refractivity contribution >= 4 is 5.91 Å². The van der Waals surface area contributed by atoms with E-state index in [-0.39, 0.29) is 0 Å². The Morgan fingerprint density at radius 1 is 1.43 bits per heavy atom. The molecule has 1 aromatic heterocycles. The number of ether oxygens (including phenoxy) is 1. The van der Waals surface area contributed by atoms with Crippen LogP contribution in [-0.2, 0) is 4.79 Å². The van der Waals surface area contributed by atoms with Crippen LogP contribution in [0.3, 0.4) is 0 Å². The van der Waals surface area contributed by atoms with Gasteiger partial charge in [-0.1, -0.05) is 0 Å². The minimum Gasteiger partial charge on any atom is -0.453 e. The van der Waals surface area contributed by atoms with E-state index >= 15 is 0 Å². The quantitative estimate of drug-likeness (QED) is 0.918. The number of hydrogen-bond acceptors (Lipinski definition) is 4. The van der Waals surface area contributed by atoms with Gasteiger partial charge in [-0.05, 0) is 51.0 Å². The molecule has 1 unspecified atom stereocenters. The van der Waals surface area contributed by atoms with Crippen LogP contribution in [0.4, 0.5) is 0 Å². The minimum atomic E-state index is -0.511. The first kappa shape index (κ1) is 15.1. The molecule has 0 aliphatic heterocycles. The van der Waals surface area contributed by atoms with Crippen LogP contribution >= 0.6 is 0 Å². The molecule has 0 radical (unpaired) electrons. The first-order valence-electron chi connectivity index (χ1n) is 7.57. The zero-order valence-electron chi connectivity index (χ0n) is 13.1. The van der Waals surface area contributed by atoms with E-state index in [0.717, 1.165) is 24.2 Å². The Kier molecular flexibility index (Phi) is 3.78. The number of hydrogen-bond donors (Lipinski definition) is 1. The van der Waals surface area contributed by atoms with Gasteiger partial charge < -0.3 is 10.5 Å². The van der Waals surface area contributed by atoms with Gasteiger partial charge in [0.05, 0.1) is 17.3 Å². The van der Waals surface area contributed by atoms with E-state index < -0.39 is 11.9 Å². The van der Waals surface area contributed by atoms with E-state index in [1.807, 2.05) is 6.92 Å². The Hall–Kier alpha value is -2.81. The normalized spacial score (nSPS) is 15.0. The predicted octanol–water partition coefficient (Wildman–Crippen LogP) is 2.78. The summed E-state index contributed by atoms with van der Waals surface area (Å²) in [7, 11) is 0. The lowest BCUT2D eigenvalue weighted by Gasteiger charge is -2.13. The molecule has 6 heteroatoms. The topological polar surface area (TPSA) is 93.9 Å². The third-order valence-electron chi connectivity index (χ3n) is 4.01. The highest BCUT2D eigenvalue weighted by Gasteiger charge is 2.35. The van der Waals surface area contributed by atoms with E-state index in [2.05, 4.69) is 11.2 Å². The summed E-state index contributed by atoms with van der Waals surface area (Å²) in [4.78, 5) is 11.5. The second kappa shape index (κ2) is 5.76. The summed E-state index contributed by atoms with van der Waals surface area (Å²) in [6.45, 7) is 3.60. The largest absolute Gasteiger partial charge is 0.453 e. The second-order valence-electron chi connectivity index (χ2n) is 5.84. The number of primary amides is 1. The van der Waals surface area contributed by atoms with Crippen LogP contribution in [-0.4, -0.2) is 15.7 Å². The van der Waals surface area contributed by atoms with Gasteiger partial charge in [0.15, 0.2) is 5.75 Å². The summed E-state index contributed by atoms with van der Waals surface area (Å²) in [5, 5.41) is 13.3. The number of aryl methyl sites for hydroxylation is 1. The molecule has 0 spiro atoms. The van der Waals surface area contributed by atoms with E-state index in [1.54, 1.807) is 35.9 Å². The first-order chi connectivity index (χ1) is 11.0. The lowest BCUT2D eigenvalue weighted by atomic mass is 10.2. The van der Waals surface area contributed by atoms with Crippen molar-refractivity contribution in [3.05, 3.63) is 41.2 Å². The summed E-state index contributed by atoms with van der Waals surface area (Å²) in [5.74, 6) is 1.26. The minimum absolute atomic E-state index is 0.353. The highest BCUT2D eigenvalue weighted by Crippen LogP contribution is 2.47. The molecule has 1 heterocycles. The van der Waals surface area contributed by atoms with Crippen LogP contribution in [0.5, 0.6) is 11.5 Å². The van der Waals surface area contributed by atoms with E-state index in [1.165, 1.54) is 0 Å². The fourth-order valence-electron chi connectivity index (χ4n) is 2.54. The number of aromatic nitrogens is 2. The molecule has 1 aliphatic carbocycles. The first-order valence-corrected chi connectivity index (χ1v) is 7.57. The average Bonchev–Trinajstić information content (AvgIpc) is 3.33. The molecule has 1 atom stereocenters. The van der Waals surface area contributed by atoms with E-state index in [0.29, 0.717) is 23.0 Å². The fourth-order valence-corrected chi connectivity index (χ4v) is 2.54. The van der Waals surface area contributed by atoms with Gasteiger partial charge in [0.25, 0.3) is 0 Å². The number of nitrogens with two attached hydrogens (primary N) is 1. The molecule has 118 valence electrons. The van der Waals surface area contributed by atoms with Crippen molar-refractivity contribution in [2.45, 2.75) is 38.6 Å². The Morgan fingerprint density at radius 3 is 2.61 bits per heavy atom. The molecule has 0 bridgehead atoms. The van der Waals surface area contributed by atoms with Crippen molar-refractivity contribution in [2.75, 3.05) is 0 Å². The molecule has 2 N–H and O–H groups in total. The molecule has 2 aromatic rings. The predicted molar refractivity (Wildman–Crippen MR) is 84.1 cm³/mol. The Balaban J connectivity index is 1.98. The summed E-state index contributed by atoms with van der Waals surface area (Å²) in [6, 6.07) is 8.49. The number of rotatable bonds is 5. The highest BCUT2D eigenvalue weighted by atomic mass is 16.5. The van der Waals surface area contributed by atoms with Gasteiger partial charge in [-0.25, -0.2) is 0 Å². The molecule has 1 aliphatic rings. The summed E-state index contributed by atoms with van der Waals surface area (Å²) < 4.78 is 7.70. The van der Waals surface area contributed by atoms with Gasteiger partial charge in [-0.2, -0.15) is 10.4 Å².